The van der Waals surface area contributed by atoms with Crippen molar-refractivity contribution >= 4 is 17.1 Å². The molecule has 1 aliphatic carbocycles. The predicted molar refractivity (Wildman–Crippen MR) is 164 cm³/mol. The van der Waals surface area contributed by atoms with E-state index in [1.165, 1.54) is 4.57 Å². The van der Waals surface area contributed by atoms with Gasteiger partial charge < -0.3 is 19.0 Å². The van der Waals surface area contributed by atoms with E-state index >= 15 is 0 Å². The molecule has 0 spiro atoms. The summed E-state index contributed by atoms with van der Waals surface area (Å²) in [4.78, 5) is 26.5. The molecule has 2 aromatic carbocycles. The summed E-state index contributed by atoms with van der Waals surface area (Å²) in [5.41, 5.74) is 3.66. The Bertz CT molecular complexity index is 1840. The summed E-state index contributed by atoms with van der Waals surface area (Å²) in [6.07, 6.45) is 7.38. The van der Waals surface area contributed by atoms with Gasteiger partial charge in [-0.25, -0.2) is 9.18 Å². The second kappa shape index (κ2) is 10.9. The molecule has 5 aromatic rings. The van der Waals surface area contributed by atoms with Crippen molar-refractivity contribution in [1.82, 2.24) is 19.7 Å². The molecule has 1 N–H and O–H groups in total. The minimum absolute atomic E-state index is 0.0712. The lowest BCUT2D eigenvalue weighted by Crippen LogP contribution is -2.52. The molecular weight excluding hydrogens is 547 g/mol. The number of amides is 1. The van der Waals surface area contributed by atoms with Gasteiger partial charge >= 0.3 is 6.09 Å². The van der Waals surface area contributed by atoms with Crippen LogP contribution < -0.4 is 10.9 Å². The fraction of sp³-hybridized carbons (Fsp3) is 0.324. The van der Waals surface area contributed by atoms with Gasteiger partial charge in [-0.15, -0.1) is 0 Å². The van der Waals surface area contributed by atoms with Crippen LogP contribution in [0.2, 0.25) is 0 Å². The van der Waals surface area contributed by atoms with Gasteiger partial charge in [0.05, 0.1) is 23.7 Å². The number of aryl methyl sites for hydroxylation is 2. The van der Waals surface area contributed by atoms with Crippen LogP contribution in [-0.2, 0) is 23.9 Å². The van der Waals surface area contributed by atoms with Crippen molar-refractivity contribution in [3.8, 4) is 33.6 Å². The second-order valence-electron chi connectivity index (χ2n) is 12.1. The fourth-order valence-electron chi connectivity index (χ4n) is 5.80. The third-order valence-corrected chi connectivity index (χ3v) is 7.96. The van der Waals surface area contributed by atoms with Crippen LogP contribution in [0.25, 0.3) is 44.5 Å². The number of nitrogens with one attached hydrogen (secondary N) is 1. The number of rotatable bonds is 7. The Kier molecular flexibility index (Phi) is 7.20. The van der Waals surface area contributed by atoms with Gasteiger partial charge in [-0.3, -0.25) is 9.48 Å². The Morgan fingerprint density at radius 1 is 1.05 bits per heavy atom. The van der Waals surface area contributed by atoms with Crippen molar-refractivity contribution in [1.29, 1.82) is 0 Å². The van der Waals surface area contributed by atoms with Crippen LogP contribution in [0.15, 0.2) is 82.4 Å². The summed E-state index contributed by atoms with van der Waals surface area (Å²) in [6, 6.07) is 17.5. The smallest absolute Gasteiger partial charge is 0.408 e. The normalized spacial score (nSPS) is 14.4. The van der Waals surface area contributed by atoms with E-state index in [4.69, 9.17) is 9.15 Å². The molecule has 9 heteroatoms. The number of fused-ring (bicyclic) bond motifs is 1. The zero-order valence-electron chi connectivity index (χ0n) is 24.8. The lowest BCUT2D eigenvalue weighted by atomic mass is 9.71. The highest BCUT2D eigenvalue weighted by Crippen LogP contribution is 2.45. The number of alkyl carbamates (subject to hydrolysis) is 1. The van der Waals surface area contributed by atoms with Crippen molar-refractivity contribution in [2.75, 3.05) is 6.67 Å². The molecule has 8 nitrogen and oxygen atoms in total. The Labute approximate surface area is 249 Å². The van der Waals surface area contributed by atoms with Crippen LogP contribution in [0.4, 0.5) is 9.18 Å². The summed E-state index contributed by atoms with van der Waals surface area (Å²) in [5.74, 6) is 0.538. The van der Waals surface area contributed by atoms with Crippen LogP contribution in [-0.4, -0.2) is 32.7 Å². The number of alkyl halides is 1. The molecule has 0 radical (unpaired) electrons. The highest BCUT2D eigenvalue weighted by Gasteiger charge is 2.41. The van der Waals surface area contributed by atoms with Gasteiger partial charge in [0.2, 0.25) is 0 Å². The Morgan fingerprint density at radius 2 is 1.77 bits per heavy atom. The summed E-state index contributed by atoms with van der Waals surface area (Å²) >= 11 is 0. The van der Waals surface area contributed by atoms with E-state index in [9.17, 15) is 14.0 Å². The topological polar surface area (TPSA) is 91.3 Å². The molecule has 0 saturated heterocycles. The van der Waals surface area contributed by atoms with E-state index < -0.39 is 23.9 Å². The van der Waals surface area contributed by atoms with E-state index in [2.05, 4.69) is 10.4 Å². The highest BCUT2D eigenvalue weighted by molar-refractivity contribution is 6.06. The van der Waals surface area contributed by atoms with Gasteiger partial charge in [-0.1, -0.05) is 54.6 Å². The number of hydrogen-bond acceptors (Lipinski definition) is 5. The lowest BCUT2D eigenvalue weighted by Gasteiger charge is -2.43. The third kappa shape index (κ3) is 5.35. The zero-order valence-corrected chi connectivity index (χ0v) is 24.8. The van der Waals surface area contributed by atoms with Crippen molar-refractivity contribution in [3.05, 3.63) is 89.1 Å². The predicted octanol–water partition coefficient (Wildman–Crippen LogP) is 7.20. The molecule has 222 valence electrons. The molecule has 1 saturated carbocycles. The largest absolute Gasteiger partial charge is 0.454 e. The zero-order chi connectivity index (χ0) is 30.4. The first kappa shape index (κ1) is 28.5. The van der Waals surface area contributed by atoms with Crippen LogP contribution in [0.5, 0.6) is 0 Å². The minimum atomic E-state index is -0.677. The Hall–Kier alpha value is -4.66. The molecule has 6 rings (SSSR count). The number of halogens is 1. The van der Waals surface area contributed by atoms with E-state index in [-0.39, 0.29) is 12.1 Å². The number of benzene rings is 2. The number of hydrogen-bond donors (Lipinski definition) is 1. The summed E-state index contributed by atoms with van der Waals surface area (Å²) in [6.45, 7) is 4.79. The molecule has 1 amide bonds. The van der Waals surface area contributed by atoms with Crippen LogP contribution in [0.1, 0.15) is 45.6 Å². The average Bonchev–Trinajstić information content (AvgIpc) is 3.56. The maximum Gasteiger partial charge on any atom is 0.408 e. The number of furan rings is 1. The van der Waals surface area contributed by atoms with Crippen LogP contribution in [0, 0.1) is 0 Å². The van der Waals surface area contributed by atoms with Crippen molar-refractivity contribution < 1.29 is 18.3 Å². The maximum atomic E-state index is 13.8. The molecule has 1 fully saturated rings. The summed E-state index contributed by atoms with van der Waals surface area (Å²) in [5, 5.41) is 7.80. The first-order valence-corrected chi connectivity index (χ1v) is 14.5. The Balaban J connectivity index is 1.50. The molecule has 3 heterocycles. The molecule has 0 atom stereocenters. The van der Waals surface area contributed by atoms with Crippen LogP contribution >= 0.6 is 0 Å². The number of carbonyl (C=O) groups excluding carboxylic acids is 1. The third-order valence-electron chi connectivity index (χ3n) is 7.96. The quantitative estimate of drug-likeness (QED) is 0.219. The Morgan fingerprint density at radius 3 is 2.35 bits per heavy atom. The molecule has 0 aliphatic heterocycles. The van der Waals surface area contributed by atoms with Crippen LogP contribution in [0.3, 0.4) is 0 Å². The first-order valence-electron chi connectivity index (χ1n) is 14.5. The van der Waals surface area contributed by atoms with Gasteiger partial charge in [0, 0.05) is 41.7 Å². The highest BCUT2D eigenvalue weighted by atomic mass is 19.1. The van der Waals surface area contributed by atoms with Gasteiger partial charge in [-0.2, -0.15) is 5.10 Å². The molecule has 0 bridgehead atoms. The second-order valence-corrected chi connectivity index (χ2v) is 12.1. The number of nitrogens with zero attached hydrogens (tertiary/aromatic N) is 3. The number of carbonyl (C=O) groups is 1. The van der Waals surface area contributed by atoms with Crippen molar-refractivity contribution in [2.45, 2.75) is 57.7 Å². The fourth-order valence-corrected chi connectivity index (χ4v) is 5.80. The minimum Gasteiger partial charge on any atom is -0.454 e. The van der Waals surface area contributed by atoms with Gasteiger partial charge in [-0.05, 0) is 51.2 Å². The molecular formula is C34H35FN4O4. The molecule has 43 heavy (non-hydrogen) atoms. The van der Waals surface area contributed by atoms with E-state index in [1.54, 1.807) is 17.1 Å². The SMILES string of the molecule is Cn1cc(-c2cn(CCF)c(=O)c3c(-c4ccccc4)c(-c4ccc(C5(NC(=O)OC(C)(C)C)CCC5)cc4)oc23)cn1. The maximum absolute atomic E-state index is 13.8. The summed E-state index contributed by atoms with van der Waals surface area (Å²) in [7, 11) is 1.81. The molecule has 3 aromatic heterocycles. The molecule has 1 aliphatic rings. The van der Waals surface area contributed by atoms with Gasteiger partial charge in [0.15, 0.2) is 0 Å². The van der Waals surface area contributed by atoms with E-state index in [0.717, 1.165) is 41.5 Å². The summed E-state index contributed by atoms with van der Waals surface area (Å²) < 4.78 is 28.8. The van der Waals surface area contributed by atoms with Crippen molar-refractivity contribution in [3.63, 3.8) is 0 Å². The lowest BCUT2D eigenvalue weighted by molar-refractivity contribution is 0.0377. The van der Waals surface area contributed by atoms with Gasteiger partial charge in [0.25, 0.3) is 5.56 Å². The first-order chi connectivity index (χ1) is 20.6. The number of aromatic nitrogens is 3. The van der Waals surface area contributed by atoms with Crippen molar-refractivity contribution in [2.24, 2.45) is 7.05 Å². The average molecular weight is 583 g/mol. The number of ether oxygens (including phenoxy) is 1. The monoisotopic (exact) mass is 582 g/mol. The standard InChI is InChI=1S/C34H35FN4O4/c1-33(2,3)43-32(41)37-34(15-8-16-34)25-13-11-23(12-14-25)29-27(22-9-6-5-7-10-22)28-30(42-29)26(24-19-36-38(4)20-24)21-39(18-17-35)31(28)40/h5-7,9-14,19-21H,8,15-18H2,1-4H3,(H,37,41). The molecule has 0 unspecified atom stereocenters. The number of pyridine rings is 1. The van der Waals surface area contributed by atoms with E-state index in [1.807, 2.05) is 88.6 Å². The van der Waals surface area contributed by atoms with E-state index in [0.29, 0.717) is 27.9 Å². The van der Waals surface area contributed by atoms with Gasteiger partial charge in [0.1, 0.15) is 23.6 Å².